The second-order valence-electron chi connectivity index (χ2n) is 4.12. The Morgan fingerprint density at radius 2 is 1.89 bits per heavy atom. The van der Waals surface area contributed by atoms with E-state index in [9.17, 15) is 8.42 Å². The number of hydrogen-bond acceptors (Lipinski definition) is 3. The maximum atomic E-state index is 12.4. The van der Waals surface area contributed by atoms with Crippen molar-refractivity contribution >= 4 is 27.2 Å². The lowest BCUT2D eigenvalue weighted by atomic mass is 10.2. The summed E-state index contributed by atoms with van der Waals surface area (Å²) in [5.74, 6) is 0. The Bertz CT molecular complexity index is 509. The van der Waals surface area contributed by atoms with Crippen LogP contribution in [0.25, 0.3) is 0 Å². The fourth-order valence-electron chi connectivity index (χ4n) is 1.57. The van der Waals surface area contributed by atoms with Gasteiger partial charge in [-0.05, 0) is 25.5 Å². The standard InChI is InChI=1S/C12H18N2O2S2/c1-3-8-14(9-12(13)17)18(15,16)11-6-4-10(2)5-7-11/h4-7H,3,8-9H2,1-2H3,(H2,13,17). The number of rotatable bonds is 6. The fourth-order valence-corrected chi connectivity index (χ4v) is 3.31. The molecule has 0 fully saturated rings. The summed E-state index contributed by atoms with van der Waals surface area (Å²) in [4.78, 5) is 0.455. The summed E-state index contributed by atoms with van der Waals surface area (Å²) >= 11 is 4.80. The molecule has 0 aliphatic heterocycles. The summed E-state index contributed by atoms with van der Waals surface area (Å²) in [7, 11) is -3.51. The van der Waals surface area contributed by atoms with E-state index in [1.165, 1.54) is 4.31 Å². The van der Waals surface area contributed by atoms with Crippen LogP contribution >= 0.6 is 12.2 Å². The first-order valence-electron chi connectivity index (χ1n) is 5.73. The van der Waals surface area contributed by atoms with Gasteiger partial charge >= 0.3 is 0 Å². The van der Waals surface area contributed by atoms with Crippen LogP contribution in [-0.4, -0.2) is 30.8 Å². The molecule has 0 bridgehead atoms. The van der Waals surface area contributed by atoms with Gasteiger partial charge in [0.1, 0.15) is 0 Å². The first kappa shape index (κ1) is 15.1. The average molecular weight is 286 g/mol. The molecule has 4 nitrogen and oxygen atoms in total. The summed E-state index contributed by atoms with van der Waals surface area (Å²) in [6, 6.07) is 6.76. The predicted octanol–water partition coefficient (Wildman–Crippen LogP) is 1.68. The van der Waals surface area contributed by atoms with E-state index in [0.717, 1.165) is 5.56 Å². The van der Waals surface area contributed by atoms with E-state index in [2.05, 4.69) is 0 Å². The molecular formula is C12H18N2O2S2. The Labute approximate surface area is 114 Å². The van der Waals surface area contributed by atoms with Crippen LogP contribution in [0, 0.1) is 6.92 Å². The van der Waals surface area contributed by atoms with Crippen molar-refractivity contribution in [2.75, 3.05) is 13.1 Å². The minimum absolute atomic E-state index is 0.0827. The topological polar surface area (TPSA) is 63.4 Å². The monoisotopic (exact) mass is 286 g/mol. The largest absolute Gasteiger partial charge is 0.392 e. The predicted molar refractivity (Wildman–Crippen MR) is 77.0 cm³/mol. The minimum atomic E-state index is -3.51. The SMILES string of the molecule is CCCN(CC(N)=S)S(=O)(=O)c1ccc(C)cc1. The number of nitrogens with two attached hydrogens (primary N) is 1. The van der Waals surface area contributed by atoms with Crippen molar-refractivity contribution in [3.8, 4) is 0 Å². The van der Waals surface area contributed by atoms with Gasteiger partial charge in [0, 0.05) is 6.54 Å². The van der Waals surface area contributed by atoms with Gasteiger partial charge in [-0.1, -0.05) is 36.8 Å². The zero-order chi connectivity index (χ0) is 13.8. The van der Waals surface area contributed by atoms with E-state index in [4.69, 9.17) is 18.0 Å². The minimum Gasteiger partial charge on any atom is -0.392 e. The highest BCUT2D eigenvalue weighted by Gasteiger charge is 2.23. The highest BCUT2D eigenvalue weighted by molar-refractivity contribution is 7.89. The van der Waals surface area contributed by atoms with Crippen LogP contribution < -0.4 is 5.73 Å². The van der Waals surface area contributed by atoms with Crippen LogP contribution in [0.2, 0.25) is 0 Å². The Kier molecular flexibility index (Phi) is 5.25. The van der Waals surface area contributed by atoms with Gasteiger partial charge < -0.3 is 5.73 Å². The van der Waals surface area contributed by atoms with E-state index in [-0.39, 0.29) is 16.4 Å². The number of nitrogens with zero attached hydrogens (tertiary/aromatic N) is 1. The van der Waals surface area contributed by atoms with Gasteiger partial charge in [-0.2, -0.15) is 4.31 Å². The quantitative estimate of drug-likeness (QED) is 0.808. The zero-order valence-electron chi connectivity index (χ0n) is 10.6. The van der Waals surface area contributed by atoms with Gasteiger partial charge in [0.25, 0.3) is 0 Å². The van der Waals surface area contributed by atoms with Crippen LogP contribution in [0.3, 0.4) is 0 Å². The van der Waals surface area contributed by atoms with Gasteiger partial charge in [-0.3, -0.25) is 0 Å². The highest BCUT2D eigenvalue weighted by atomic mass is 32.2. The molecule has 1 aromatic rings. The first-order chi connectivity index (χ1) is 8.37. The molecule has 1 rings (SSSR count). The normalized spacial score (nSPS) is 11.7. The summed E-state index contributed by atoms with van der Waals surface area (Å²) in [5, 5.41) is 0. The third-order valence-corrected chi connectivity index (χ3v) is 4.45. The van der Waals surface area contributed by atoms with Gasteiger partial charge in [-0.25, -0.2) is 8.42 Å². The van der Waals surface area contributed by atoms with Crippen LogP contribution in [0.4, 0.5) is 0 Å². The molecule has 0 radical (unpaired) electrons. The van der Waals surface area contributed by atoms with Crippen LogP contribution in [0.1, 0.15) is 18.9 Å². The first-order valence-corrected chi connectivity index (χ1v) is 7.58. The van der Waals surface area contributed by atoms with E-state index >= 15 is 0 Å². The van der Waals surface area contributed by atoms with E-state index in [1.807, 2.05) is 13.8 Å². The molecule has 0 saturated heterocycles. The van der Waals surface area contributed by atoms with Crippen molar-refractivity contribution < 1.29 is 8.42 Å². The number of hydrogen-bond donors (Lipinski definition) is 1. The van der Waals surface area contributed by atoms with E-state index < -0.39 is 10.0 Å². The van der Waals surface area contributed by atoms with Gasteiger partial charge in [0.15, 0.2) is 0 Å². The van der Waals surface area contributed by atoms with Crippen molar-refractivity contribution in [2.24, 2.45) is 5.73 Å². The molecule has 0 unspecified atom stereocenters. The average Bonchev–Trinajstić information content (AvgIpc) is 2.28. The lowest BCUT2D eigenvalue weighted by Crippen LogP contribution is -2.38. The third-order valence-electron chi connectivity index (χ3n) is 2.46. The molecule has 0 aliphatic carbocycles. The maximum Gasteiger partial charge on any atom is 0.243 e. The van der Waals surface area contributed by atoms with Crippen LogP contribution in [0.5, 0.6) is 0 Å². The number of sulfonamides is 1. The molecule has 0 aromatic heterocycles. The molecule has 0 heterocycles. The van der Waals surface area contributed by atoms with Crippen molar-refractivity contribution in [1.82, 2.24) is 4.31 Å². The number of thiocarbonyl (C=S) groups is 1. The molecule has 0 aliphatic rings. The van der Waals surface area contributed by atoms with Crippen molar-refractivity contribution in [2.45, 2.75) is 25.2 Å². The number of benzene rings is 1. The Hall–Kier alpha value is -0.980. The summed E-state index contributed by atoms with van der Waals surface area (Å²) in [5.41, 5.74) is 6.47. The molecule has 0 saturated carbocycles. The Balaban J connectivity index is 3.08. The molecule has 0 spiro atoms. The van der Waals surface area contributed by atoms with Crippen LogP contribution in [-0.2, 0) is 10.0 Å². The van der Waals surface area contributed by atoms with Crippen molar-refractivity contribution in [3.63, 3.8) is 0 Å². The van der Waals surface area contributed by atoms with Gasteiger partial charge in [0.2, 0.25) is 10.0 Å². The molecule has 100 valence electrons. The lowest BCUT2D eigenvalue weighted by molar-refractivity contribution is 0.449. The highest BCUT2D eigenvalue weighted by Crippen LogP contribution is 2.16. The molecule has 6 heteroatoms. The Morgan fingerprint density at radius 1 is 1.33 bits per heavy atom. The molecule has 1 aromatic carbocycles. The fraction of sp³-hybridized carbons (Fsp3) is 0.417. The van der Waals surface area contributed by atoms with Crippen LogP contribution in [0.15, 0.2) is 29.2 Å². The second-order valence-corrected chi connectivity index (χ2v) is 6.58. The van der Waals surface area contributed by atoms with E-state index in [0.29, 0.717) is 13.0 Å². The summed E-state index contributed by atoms with van der Waals surface area (Å²) in [6.07, 6.45) is 0.716. The van der Waals surface area contributed by atoms with Gasteiger partial charge in [0.05, 0.1) is 16.4 Å². The third kappa shape index (κ3) is 3.76. The summed E-state index contributed by atoms with van der Waals surface area (Å²) in [6.45, 7) is 4.32. The molecular weight excluding hydrogens is 268 g/mol. The van der Waals surface area contributed by atoms with Crippen molar-refractivity contribution in [3.05, 3.63) is 29.8 Å². The van der Waals surface area contributed by atoms with E-state index in [1.54, 1.807) is 24.3 Å². The molecule has 0 amide bonds. The van der Waals surface area contributed by atoms with Gasteiger partial charge in [-0.15, -0.1) is 0 Å². The molecule has 0 atom stereocenters. The molecule has 2 N–H and O–H groups in total. The maximum absolute atomic E-state index is 12.4. The Morgan fingerprint density at radius 3 is 2.33 bits per heavy atom. The number of aryl methyl sites for hydroxylation is 1. The molecule has 18 heavy (non-hydrogen) atoms. The second kappa shape index (κ2) is 6.26. The lowest BCUT2D eigenvalue weighted by Gasteiger charge is -2.21. The smallest absolute Gasteiger partial charge is 0.243 e. The van der Waals surface area contributed by atoms with Crippen molar-refractivity contribution in [1.29, 1.82) is 0 Å². The zero-order valence-corrected chi connectivity index (χ0v) is 12.2. The summed E-state index contributed by atoms with van der Waals surface area (Å²) < 4.78 is 26.1.